The molecule has 30 heavy (non-hydrogen) atoms. The summed E-state index contributed by atoms with van der Waals surface area (Å²) in [4.78, 5) is 17.9. The number of benzene rings is 2. The molecule has 0 N–H and O–H groups in total. The predicted molar refractivity (Wildman–Crippen MR) is 122 cm³/mol. The molecule has 0 saturated carbocycles. The van der Waals surface area contributed by atoms with Crippen molar-refractivity contribution in [2.75, 3.05) is 6.61 Å². The number of rotatable bonds is 8. The van der Waals surface area contributed by atoms with Crippen LogP contribution in [0.3, 0.4) is 0 Å². The van der Waals surface area contributed by atoms with Gasteiger partial charge in [-0.2, -0.15) is 9.50 Å². The number of hydrogen-bond acceptors (Lipinski definition) is 5. The maximum atomic E-state index is 12.7. The van der Waals surface area contributed by atoms with Crippen molar-refractivity contribution >= 4 is 22.4 Å². The second kappa shape index (κ2) is 9.22. The molecule has 0 amide bonds. The first kappa shape index (κ1) is 20.3. The fourth-order valence-corrected chi connectivity index (χ4v) is 4.10. The average molecular weight is 420 g/mol. The number of aromatic nitrogens is 3. The molecule has 0 saturated heterocycles. The van der Waals surface area contributed by atoms with Gasteiger partial charge in [-0.25, -0.2) is 0 Å². The highest BCUT2D eigenvalue weighted by Crippen LogP contribution is 2.20. The van der Waals surface area contributed by atoms with Crippen LogP contribution in [-0.4, -0.2) is 21.2 Å². The summed E-state index contributed by atoms with van der Waals surface area (Å²) in [5.74, 6) is 1.39. The molecule has 0 aliphatic rings. The smallest absolute Gasteiger partial charge is 0.291 e. The van der Waals surface area contributed by atoms with Gasteiger partial charge in [0.1, 0.15) is 5.75 Å². The zero-order valence-electron chi connectivity index (χ0n) is 17.3. The van der Waals surface area contributed by atoms with Crippen LogP contribution in [0.4, 0.5) is 0 Å². The molecule has 0 fully saturated rings. The minimum atomic E-state index is -0.138. The highest BCUT2D eigenvalue weighted by atomic mass is 32.1. The molecule has 154 valence electrons. The molecule has 4 aromatic rings. The predicted octanol–water partition coefficient (Wildman–Crippen LogP) is 4.63. The van der Waals surface area contributed by atoms with Gasteiger partial charge in [-0.3, -0.25) is 4.79 Å². The van der Waals surface area contributed by atoms with Crippen LogP contribution in [-0.2, 0) is 0 Å². The van der Waals surface area contributed by atoms with E-state index in [1.54, 1.807) is 0 Å². The lowest BCUT2D eigenvalue weighted by Gasteiger charge is -2.06. The van der Waals surface area contributed by atoms with Crippen LogP contribution in [0.15, 0.2) is 53.3 Å². The zero-order valence-corrected chi connectivity index (χ0v) is 18.1. The molecule has 0 aliphatic carbocycles. The standard InChI is InChI=1S/C24H25N3O2S/c1-3-4-5-6-15-29-20-13-11-19(12-14-20)22-25-24-27(26-22)23(28)21(30-24)16-18-9-7-17(2)8-10-18/h7-14,16H,3-6,15H2,1-2H3/b21-16-. The Hall–Kier alpha value is -2.99. The summed E-state index contributed by atoms with van der Waals surface area (Å²) < 4.78 is 7.81. The van der Waals surface area contributed by atoms with Gasteiger partial charge >= 0.3 is 0 Å². The Kier molecular flexibility index (Phi) is 6.23. The molecule has 5 nitrogen and oxygen atoms in total. The lowest BCUT2D eigenvalue weighted by Crippen LogP contribution is -2.23. The molecule has 0 aliphatic heterocycles. The quantitative estimate of drug-likeness (QED) is 0.391. The van der Waals surface area contributed by atoms with Gasteiger partial charge in [0.15, 0.2) is 5.82 Å². The van der Waals surface area contributed by atoms with Crippen molar-refractivity contribution < 1.29 is 4.74 Å². The van der Waals surface area contributed by atoms with Crippen LogP contribution >= 0.6 is 11.3 Å². The Bertz CT molecular complexity index is 1220. The summed E-state index contributed by atoms with van der Waals surface area (Å²) >= 11 is 1.36. The van der Waals surface area contributed by atoms with E-state index in [4.69, 9.17) is 4.74 Å². The highest BCUT2D eigenvalue weighted by molar-refractivity contribution is 7.15. The normalized spacial score (nSPS) is 12.0. The number of nitrogens with zero attached hydrogens (tertiary/aromatic N) is 3. The number of ether oxygens (including phenoxy) is 1. The van der Waals surface area contributed by atoms with Crippen molar-refractivity contribution in [1.82, 2.24) is 14.6 Å². The number of thiazole rings is 1. The lowest BCUT2D eigenvalue weighted by atomic mass is 10.1. The van der Waals surface area contributed by atoms with Gasteiger partial charge in [0, 0.05) is 5.56 Å². The first-order chi connectivity index (χ1) is 14.6. The van der Waals surface area contributed by atoms with E-state index in [2.05, 4.69) is 17.0 Å². The Balaban J connectivity index is 1.50. The maximum absolute atomic E-state index is 12.7. The maximum Gasteiger partial charge on any atom is 0.291 e. The number of fused-ring (bicyclic) bond motifs is 1. The van der Waals surface area contributed by atoms with Gasteiger partial charge in [-0.1, -0.05) is 67.4 Å². The highest BCUT2D eigenvalue weighted by Gasteiger charge is 2.12. The monoisotopic (exact) mass is 419 g/mol. The Morgan fingerprint density at radius 1 is 1.03 bits per heavy atom. The lowest BCUT2D eigenvalue weighted by molar-refractivity contribution is 0.305. The minimum Gasteiger partial charge on any atom is -0.494 e. The second-order valence-electron chi connectivity index (χ2n) is 7.39. The third kappa shape index (κ3) is 4.60. The molecule has 0 spiro atoms. The molecule has 2 aromatic heterocycles. The van der Waals surface area contributed by atoms with E-state index in [1.165, 1.54) is 40.7 Å². The molecular formula is C24H25N3O2S. The summed E-state index contributed by atoms with van der Waals surface area (Å²) in [6.07, 6.45) is 6.63. The zero-order chi connectivity index (χ0) is 20.9. The largest absolute Gasteiger partial charge is 0.494 e. The average Bonchev–Trinajstić information content (AvgIpc) is 3.30. The molecule has 0 atom stereocenters. The van der Waals surface area contributed by atoms with E-state index >= 15 is 0 Å². The first-order valence-electron chi connectivity index (χ1n) is 10.4. The summed E-state index contributed by atoms with van der Waals surface area (Å²) in [6, 6.07) is 15.8. The first-order valence-corrected chi connectivity index (χ1v) is 11.2. The number of hydrogen-bond donors (Lipinski definition) is 0. The van der Waals surface area contributed by atoms with Crippen molar-refractivity contribution in [2.45, 2.75) is 39.5 Å². The van der Waals surface area contributed by atoms with Crippen LogP contribution < -0.4 is 14.8 Å². The summed E-state index contributed by atoms with van der Waals surface area (Å²) in [5.41, 5.74) is 2.91. The van der Waals surface area contributed by atoms with E-state index in [1.807, 2.05) is 61.5 Å². The van der Waals surface area contributed by atoms with Gasteiger partial charge in [0.2, 0.25) is 4.96 Å². The third-order valence-electron chi connectivity index (χ3n) is 4.94. The van der Waals surface area contributed by atoms with Gasteiger partial charge in [-0.05, 0) is 49.2 Å². The van der Waals surface area contributed by atoms with Crippen LogP contribution in [0.5, 0.6) is 5.75 Å². The molecule has 4 rings (SSSR count). The summed E-state index contributed by atoms with van der Waals surface area (Å²) in [6.45, 7) is 4.98. The summed E-state index contributed by atoms with van der Waals surface area (Å²) in [7, 11) is 0. The third-order valence-corrected chi connectivity index (χ3v) is 5.90. The number of aryl methyl sites for hydroxylation is 1. The van der Waals surface area contributed by atoms with Crippen LogP contribution in [0, 0.1) is 6.92 Å². The minimum absolute atomic E-state index is 0.138. The van der Waals surface area contributed by atoms with Crippen molar-refractivity contribution in [3.63, 3.8) is 0 Å². The molecule has 0 unspecified atom stereocenters. The van der Waals surface area contributed by atoms with Crippen LogP contribution in [0.25, 0.3) is 22.4 Å². The van der Waals surface area contributed by atoms with Gasteiger partial charge < -0.3 is 4.74 Å². The molecule has 0 radical (unpaired) electrons. The Labute approximate surface area is 179 Å². The van der Waals surface area contributed by atoms with Crippen molar-refractivity contribution in [2.24, 2.45) is 0 Å². The van der Waals surface area contributed by atoms with E-state index in [9.17, 15) is 4.79 Å². The molecule has 0 bridgehead atoms. The second-order valence-corrected chi connectivity index (χ2v) is 8.40. The van der Waals surface area contributed by atoms with Crippen molar-refractivity contribution in [3.05, 3.63) is 74.5 Å². The van der Waals surface area contributed by atoms with Crippen LogP contribution in [0.2, 0.25) is 0 Å². The summed E-state index contributed by atoms with van der Waals surface area (Å²) in [5, 5.41) is 4.43. The number of unbranched alkanes of at least 4 members (excludes halogenated alkanes) is 3. The SMILES string of the molecule is CCCCCCOc1ccc(-c2nc3s/c(=C\c4ccc(C)cc4)c(=O)n3n2)cc1. The van der Waals surface area contributed by atoms with E-state index in [0.29, 0.717) is 15.3 Å². The molecule has 2 heterocycles. The Morgan fingerprint density at radius 2 is 1.80 bits per heavy atom. The topological polar surface area (TPSA) is 56.5 Å². The Morgan fingerprint density at radius 3 is 2.50 bits per heavy atom. The van der Waals surface area contributed by atoms with Crippen molar-refractivity contribution in [1.29, 1.82) is 0 Å². The van der Waals surface area contributed by atoms with Gasteiger partial charge in [0.05, 0.1) is 11.1 Å². The molecular weight excluding hydrogens is 394 g/mol. The van der Waals surface area contributed by atoms with Gasteiger partial charge in [-0.15, -0.1) is 5.10 Å². The van der Waals surface area contributed by atoms with E-state index in [-0.39, 0.29) is 5.56 Å². The fraction of sp³-hybridized carbons (Fsp3) is 0.292. The van der Waals surface area contributed by atoms with Crippen LogP contribution in [0.1, 0.15) is 43.7 Å². The van der Waals surface area contributed by atoms with Gasteiger partial charge in [0.25, 0.3) is 5.56 Å². The van der Waals surface area contributed by atoms with Crippen molar-refractivity contribution in [3.8, 4) is 17.1 Å². The van der Waals surface area contributed by atoms with E-state index in [0.717, 1.165) is 29.9 Å². The molecule has 6 heteroatoms. The molecule has 2 aromatic carbocycles. The van der Waals surface area contributed by atoms with E-state index < -0.39 is 0 Å². The fourth-order valence-electron chi connectivity index (χ4n) is 3.19.